The maximum atomic E-state index is 11.4. The van der Waals surface area contributed by atoms with Crippen molar-refractivity contribution >= 4 is 16.6 Å². The summed E-state index contributed by atoms with van der Waals surface area (Å²) in [5.41, 5.74) is 0.508. The zero-order valence-electron chi connectivity index (χ0n) is 7.55. The van der Waals surface area contributed by atoms with Gasteiger partial charge in [0.25, 0.3) is 5.56 Å². The van der Waals surface area contributed by atoms with Gasteiger partial charge < -0.3 is 10.3 Å². The summed E-state index contributed by atoms with van der Waals surface area (Å²) in [6.07, 6.45) is 0. The summed E-state index contributed by atoms with van der Waals surface area (Å²) >= 11 is 0. The molecule has 5 nitrogen and oxygen atoms in total. The Morgan fingerprint density at radius 1 is 1.21 bits per heavy atom. The van der Waals surface area contributed by atoms with Crippen molar-refractivity contribution in [1.82, 2.24) is 9.97 Å². The fraction of sp³-hybridized carbons (Fsp3) is 0.111. The molecule has 1 heterocycles. The van der Waals surface area contributed by atoms with Gasteiger partial charge in [-0.3, -0.25) is 9.78 Å². The van der Waals surface area contributed by atoms with E-state index < -0.39 is 5.69 Å². The predicted octanol–water partition coefficient (Wildman–Crippen LogP) is 0.258. The van der Waals surface area contributed by atoms with Crippen molar-refractivity contribution in [2.75, 3.05) is 12.4 Å². The molecule has 3 N–H and O–H groups in total. The van der Waals surface area contributed by atoms with Crippen LogP contribution in [0.25, 0.3) is 10.9 Å². The van der Waals surface area contributed by atoms with Gasteiger partial charge >= 0.3 is 5.69 Å². The maximum Gasteiger partial charge on any atom is 0.326 e. The molecule has 1 aromatic heterocycles. The Labute approximate surface area is 78.8 Å². The van der Waals surface area contributed by atoms with Crippen molar-refractivity contribution in [2.24, 2.45) is 0 Å². The molecular formula is C9H9N3O2. The molecule has 2 rings (SSSR count). The smallest absolute Gasteiger partial charge is 0.326 e. The summed E-state index contributed by atoms with van der Waals surface area (Å²) in [6, 6.07) is 5.17. The number of benzene rings is 1. The van der Waals surface area contributed by atoms with Crippen molar-refractivity contribution in [1.29, 1.82) is 0 Å². The molecule has 0 aliphatic carbocycles. The van der Waals surface area contributed by atoms with Gasteiger partial charge in [0.15, 0.2) is 0 Å². The van der Waals surface area contributed by atoms with Crippen LogP contribution in [0.3, 0.4) is 0 Å². The monoisotopic (exact) mass is 191 g/mol. The molecule has 0 atom stereocenters. The number of anilines is 1. The maximum absolute atomic E-state index is 11.4. The minimum absolute atomic E-state index is 0.374. The molecule has 2 aromatic rings. The first-order valence-electron chi connectivity index (χ1n) is 4.15. The summed E-state index contributed by atoms with van der Waals surface area (Å²) in [4.78, 5) is 27.0. The Balaban J connectivity index is 2.89. The highest BCUT2D eigenvalue weighted by molar-refractivity contribution is 5.81. The van der Waals surface area contributed by atoms with E-state index >= 15 is 0 Å². The van der Waals surface area contributed by atoms with Gasteiger partial charge in [-0.05, 0) is 18.2 Å². The lowest BCUT2D eigenvalue weighted by atomic mass is 10.2. The van der Waals surface area contributed by atoms with Crippen molar-refractivity contribution in [3.05, 3.63) is 39.0 Å². The van der Waals surface area contributed by atoms with E-state index in [0.29, 0.717) is 10.9 Å². The first-order valence-corrected chi connectivity index (χ1v) is 4.15. The molecule has 5 heteroatoms. The van der Waals surface area contributed by atoms with E-state index in [9.17, 15) is 9.59 Å². The molecule has 0 unspecified atom stereocenters. The van der Waals surface area contributed by atoms with Gasteiger partial charge in [0.2, 0.25) is 0 Å². The van der Waals surface area contributed by atoms with E-state index in [1.54, 1.807) is 25.2 Å². The average molecular weight is 191 g/mol. The van der Waals surface area contributed by atoms with Crippen LogP contribution in [0, 0.1) is 0 Å². The number of H-pyrrole nitrogens is 2. The van der Waals surface area contributed by atoms with Crippen LogP contribution < -0.4 is 16.6 Å². The van der Waals surface area contributed by atoms with Crippen molar-refractivity contribution < 1.29 is 0 Å². The molecule has 0 bridgehead atoms. The van der Waals surface area contributed by atoms with Crippen LogP contribution in [0.5, 0.6) is 0 Å². The van der Waals surface area contributed by atoms with Crippen LogP contribution in [0.4, 0.5) is 5.69 Å². The molecule has 0 saturated heterocycles. The summed E-state index contributed by atoms with van der Waals surface area (Å²) < 4.78 is 0. The second-order valence-electron chi connectivity index (χ2n) is 2.92. The molecule has 0 fully saturated rings. The summed E-state index contributed by atoms with van der Waals surface area (Å²) in [5, 5.41) is 3.39. The van der Waals surface area contributed by atoms with Gasteiger partial charge in [0, 0.05) is 12.7 Å². The van der Waals surface area contributed by atoms with Gasteiger partial charge in [-0.15, -0.1) is 0 Å². The standard InChI is InChI=1S/C9H9N3O2/c1-10-5-2-3-7-6(4-5)8(13)12-9(14)11-7/h2-4,10H,1H3,(H2,11,12,13,14). The summed E-state index contributed by atoms with van der Waals surface area (Å²) in [5.74, 6) is 0. The number of nitrogens with one attached hydrogen (secondary N) is 3. The summed E-state index contributed by atoms with van der Waals surface area (Å²) in [6.45, 7) is 0. The fourth-order valence-electron chi connectivity index (χ4n) is 1.32. The minimum atomic E-state index is -0.486. The van der Waals surface area contributed by atoms with Gasteiger partial charge in [0.05, 0.1) is 10.9 Å². The van der Waals surface area contributed by atoms with Crippen molar-refractivity contribution in [2.45, 2.75) is 0 Å². The van der Waals surface area contributed by atoms with Crippen LogP contribution in [0.2, 0.25) is 0 Å². The quantitative estimate of drug-likeness (QED) is 0.605. The predicted molar refractivity (Wildman–Crippen MR) is 54.7 cm³/mol. The third-order valence-electron chi connectivity index (χ3n) is 2.03. The van der Waals surface area contributed by atoms with Crippen LogP contribution in [0.1, 0.15) is 0 Å². The fourth-order valence-corrected chi connectivity index (χ4v) is 1.32. The molecule has 0 spiro atoms. The van der Waals surface area contributed by atoms with E-state index in [1.165, 1.54) is 0 Å². The SMILES string of the molecule is CNc1ccc2[nH]c(=O)[nH]c(=O)c2c1. The molecule has 0 saturated carbocycles. The Bertz CT molecular complexity index is 582. The Morgan fingerprint density at radius 2 is 2.00 bits per heavy atom. The largest absolute Gasteiger partial charge is 0.388 e. The first-order chi connectivity index (χ1) is 6.70. The van der Waals surface area contributed by atoms with E-state index in [2.05, 4.69) is 15.3 Å². The van der Waals surface area contributed by atoms with Gasteiger partial charge in [-0.25, -0.2) is 4.79 Å². The summed E-state index contributed by atoms with van der Waals surface area (Å²) in [7, 11) is 1.76. The number of hydrogen-bond donors (Lipinski definition) is 3. The van der Waals surface area contributed by atoms with E-state index in [1.807, 2.05) is 0 Å². The molecule has 1 aromatic carbocycles. The van der Waals surface area contributed by atoms with Crippen molar-refractivity contribution in [3.8, 4) is 0 Å². The topological polar surface area (TPSA) is 77.8 Å². The van der Waals surface area contributed by atoms with Gasteiger partial charge in [-0.1, -0.05) is 0 Å². The van der Waals surface area contributed by atoms with Gasteiger partial charge in [-0.2, -0.15) is 0 Å². The molecule has 72 valence electrons. The van der Waals surface area contributed by atoms with E-state index in [-0.39, 0.29) is 5.56 Å². The number of aromatic nitrogens is 2. The average Bonchev–Trinajstić information content (AvgIpc) is 2.17. The second kappa shape index (κ2) is 3.02. The van der Waals surface area contributed by atoms with E-state index in [0.717, 1.165) is 5.69 Å². The van der Waals surface area contributed by atoms with Crippen molar-refractivity contribution in [3.63, 3.8) is 0 Å². The minimum Gasteiger partial charge on any atom is -0.388 e. The van der Waals surface area contributed by atoms with Crippen LogP contribution >= 0.6 is 0 Å². The van der Waals surface area contributed by atoms with Gasteiger partial charge in [0.1, 0.15) is 0 Å². The van der Waals surface area contributed by atoms with Crippen LogP contribution in [0.15, 0.2) is 27.8 Å². The van der Waals surface area contributed by atoms with Crippen LogP contribution in [-0.4, -0.2) is 17.0 Å². The Morgan fingerprint density at radius 3 is 2.71 bits per heavy atom. The van der Waals surface area contributed by atoms with Crippen LogP contribution in [-0.2, 0) is 0 Å². The second-order valence-corrected chi connectivity index (χ2v) is 2.92. The Kier molecular flexibility index (Phi) is 1.85. The third kappa shape index (κ3) is 1.28. The number of fused-ring (bicyclic) bond motifs is 1. The lowest BCUT2D eigenvalue weighted by Gasteiger charge is -2.00. The highest BCUT2D eigenvalue weighted by atomic mass is 16.2. The third-order valence-corrected chi connectivity index (χ3v) is 2.03. The highest BCUT2D eigenvalue weighted by Crippen LogP contribution is 2.11. The Hall–Kier alpha value is -2.04. The molecular weight excluding hydrogens is 182 g/mol. The lowest BCUT2D eigenvalue weighted by molar-refractivity contribution is 1.08. The van der Waals surface area contributed by atoms with E-state index in [4.69, 9.17) is 0 Å². The number of hydrogen-bond acceptors (Lipinski definition) is 3. The zero-order valence-corrected chi connectivity index (χ0v) is 7.55. The molecule has 0 radical (unpaired) electrons. The molecule has 14 heavy (non-hydrogen) atoms. The normalized spacial score (nSPS) is 10.4. The first kappa shape index (κ1) is 8.55. The number of rotatable bonds is 1. The molecule has 0 aliphatic heterocycles. The molecule has 0 aliphatic rings. The number of aromatic amines is 2. The zero-order chi connectivity index (χ0) is 10.1. The molecule has 0 amide bonds. The lowest BCUT2D eigenvalue weighted by Crippen LogP contribution is -2.21. The highest BCUT2D eigenvalue weighted by Gasteiger charge is 2.00.